The van der Waals surface area contributed by atoms with E-state index >= 15 is 0 Å². The van der Waals surface area contributed by atoms with Crippen molar-refractivity contribution in [2.24, 2.45) is 5.92 Å². The molecular formula is C14H24N4. The maximum Gasteiger partial charge on any atom is 0.131 e. The molecule has 1 aromatic rings. The highest BCUT2D eigenvalue weighted by Crippen LogP contribution is 2.21. The lowest BCUT2D eigenvalue weighted by Gasteiger charge is -2.33. The molecule has 1 aromatic heterocycles. The van der Waals surface area contributed by atoms with E-state index in [0.717, 1.165) is 29.5 Å². The number of nitrogen functional groups attached to an aromatic ring is 1. The minimum atomic E-state index is 0.738. The predicted molar refractivity (Wildman–Crippen MR) is 76.9 cm³/mol. The van der Waals surface area contributed by atoms with E-state index in [2.05, 4.69) is 35.8 Å². The molecule has 0 aliphatic carbocycles. The number of aromatic nitrogens is 1. The van der Waals surface area contributed by atoms with Gasteiger partial charge in [0.05, 0.1) is 11.9 Å². The Morgan fingerprint density at radius 1 is 1.56 bits per heavy atom. The van der Waals surface area contributed by atoms with Gasteiger partial charge in [-0.3, -0.25) is 0 Å². The van der Waals surface area contributed by atoms with Crippen LogP contribution in [-0.2, 0) is 0 Å². The topological polar surface area (TPSA) is 45.4 Å². The molecule has 1 unspecified atom stereocenters. The number of aryl methyl sites for hydroxylation is 1. The van der Waals surface area contributed by atoms with Gasteiger partial charge in [-0.2, -0.15) is 0 Å². The van der Waals surface area contributed by atoms with Crippen molar-refractivity contribution in [2.45, 2.75) is 19.8 Å². The van der Waals surface area contributed by atoms with Gasteiger partial charge in [-0.15, -0.1) is 0 Å². The van der Waals surface area contributed by atoms with Crippen LogP contribution in [0, 0.1) is 12.8 Å². The maximum absolute atomic E-state index is 5.74. The van der Waals surface area contributed by atoms with E-state index in [1.54, 1.807) is 6.20 Å². The van der Waals surface area contributed by atoms with E-state index in [1.165, 1.54) is 25.9 Å². The summed E-state index contributed by atoms with van der Waals surface area (Å²) in [5.74, 6) is 1.80. The lowest BCUT2D eigenvalue weighted by molar-refractivity contribution is 0.213. The zero-order valence-corrected chi connectivity index (χ0v) is 11.7. The molecule has 100 valence electrons. The summed E-state index contributed by atoms with van der Waals surface area (Å²) in [7, 11) is 4.33. The summed E-state index contributed by atoms with van der Waals surface area (Å²) in [5, 5.41) is 0. The molecule has 0 spiro atoms. The maximum atomic E-state index is 5.74. The van der Waals surface area contributed by atoms with Crippen molar-refractivity contribution in [2.75, 3.05) is 44.4 Å². The molecule has 18 heavy (non-hydrogen) atoms. The Hall–Kier alpha value is -1.29. The SMILES string of the molecule is Cc1cc(N)cnc1N(C)CC1CCCN(C)C1. The molecule has 1 saturated heterocycles. The van der Waals surface area contributed by atoms with Gasteiger partial charge in [-0.1, -0.05) is 0 Å². The fourth-order valence-corrected chi connectivity index (χ4v) is 2.88. The second-order valence-corrected chi connectivity index (χ2v) is 5.56. The normalized spacial score (nSPS) is 20.9. The average Bonchev–Trinajstić information content (AvgIpc) is 2.28. The van der Waals surface area contributed by atoms with Gasteiger partial charge in [0.1, 0.15) is 5.82 Å². The summed E-state index contributed by atoms with van der Waals surface area (Å²) in [6, 6.07) is 1.99. The second kappa shape index (κ2) is 5.57. The van der Waals surface area contributed by atoms with Crippen LogP contribution in [0.1, 0.15) is 18.4 Å². The number of likely N-dealkylation sites (tertiary alicyclic amines) is 1. The first kappa shape index (κ1) is 13.1. The van der Waals surface area contributed by atoms with Gasteiger partial charge in [0.15, 0.2) is 0 Å². The molecule has 2 rings (SSSR count). The number of pyridine rings is 1. The molecular weight excluding hydrogens is 224 g/mol. The van der Waals surface area contributed by atoms with Crippen molar-refractivity contribution < 1.29 is 0 Å². The Bertz CT molecular complexity index is 405. The number of anilines is 2. The van der Waals surface area contributed by atoms with E-state index in [0.29, 0.717) is 0 Å². The van der Waals surface area contributed by atoms with E-state index in [9.17, 15) is 0 Å². The minimum absolute atomic E-state index is 0.738. The highest BCUT2D eigenvalue weighted by molar-refractivity contribution is 5.52. The zero-order chi connectivity index (χ0) is 13.1. The summed E-state index contributed by atoms with van der Waals surface area (Å²) in [4.78, 5) is 9.13. The number of piperidine rings is 1. The van der Waals surface area contributed by atoms with Crippen LogP contribution in [0.4, 0.5) is 11.5 Å². The molecule has 0 aromatic carbocycles. The summed E-state index contributed by atoms with van der Waals surface area (Å²) in [5.41, 5.74) is 7.63. The van der Waals surface area contributed by atoms with Gasteiger partial charge >= 0.3 is 0 Å². The Morgan fingerprint density at radius 2 is 2.33 bits per heavy atom. The monoisotopic (exact) mass is 248 g/mol. The number of nitrogens with two attached hydrogens (primary N) is 1. The second-order valence-electron chi connectivity index (χ2n) is 5.56. The molecule has 1 fully saturated rings. The highest BCUT2D eigenvalue weighted by Gasteiger charge is 2.19. The largest absolute Gasteiger partial charge is 0.397 e. The molecule has 0 amide bonds. The summed E-state index contributed by atoms with van der Waals surface area (Å²) >= 11 is 0. The summed E-state index contributed by atoms with van der Waals surface area (Å²) in [6.45, 7) is 5.57. The molecule has 4 heteroatoms. The Labute approximate surface area is 110 Å². The van der Waals surface area contributed by atoms with Crippen molar-refractivity contribution >= 4 is 11.5 Å². The average molecular weight is 248 g/mol. The van der Waals surface area contributed by atoms with Crippen LogP contribution in [0.3, 0.4) is 0 Å². The van der Waals surface area contributed by atoms with Gasteiger partial charge < -0.3 is 15.5 Å². The van der Waals surface area contributed by atoms with E-state index < -0.39 is 0 Å². The van der Waals surface area contributed by atoms with Crippen molar-refractivity contribution in [1.82, 2.24) is 9.88 Å². The molecule has 0 radical (unpaired) electrons. The van der Waals surface area contributed by atoms with Crippen molar-refractivity contribution in [3.8, 4) is 0 Å². The molecule has 4 nitrogen and oxygen atoms in total. The van der Waals surface area contributed by atoms with Crippen molar-refractivity contribution in [1.29, 1.82) is 0 Å². The quantitative estimate of drug-likeness (QED) is 0.885. The predicted octanol–water partition coefficient (Wildman–Crippen LogP) is 1.75. The van der Waals surface area contributed by atoms with Gasteiger partial charge in [-0.25, -0.2) is 4.98 Å². The fourth-order valence-electron chi connectivity index (χ4n) is 2.88. The summed E-state index contributed by atoms with van der Waals surface area (Å²) in [6.07, 6.45) is 4.37. The molecule has 2 N–H and O–H groups in total. The van der Waals surface area contributed by atoms with Gasteiger partial charge in [-0.05, 0) is 50.9 Å². The van der Waals surface area contributed by atoms with Crippen molar-refractivity contribution in [3.63, 3.8) is 0 Å². The Morgan fingerprint density at radius 3 is 3.00 bits per heavy atom. The number of hydrogen-bond acceptors (Lipinski definition) is 4. The van der Waals surface area contributed by atoms with Gasteiger partial charge in [0.2, 0.25) is 0 Å². The Balaban J connectivity index is 2.00. The number of nitrogens with zero attached hydrogens (tertiary/aromatic N) is 3. The van der Waals surface area contributed by atoms with Gasteiger partial charge in [0, 0.05) is 20.1 Å². The third kappa shape index (κ3) is 3.13. The lowest BCUT2D eigenvalue weighted by Crippen LogP contribution is -2.38. The van der Waals surface area contributed by atoms with Gasteiger partial charge in [0.25, 0.3) is 0 Å². The molecule has 2 heterocycles. The number of hydrogen-bond donors (Lipinski definition) is 1. The first-order valence-electron chi connectivity index (χ1n) is 6.68. The van der Waals surface area contributed by atoms with Crippen LogP contribution in [0.25, 0.3) is 0 Å². The van der Waals surface area contributed by atoms with Crippen LogP contribution < -0.4 is 10.6 Å². The minimum Gasteiger partial charge on any atom is -0.397 e. The van der Waals surface area contributed by atoms with E-state index in [4.69, 9.17) is 5.73 Å². The van der Waals surface area contributed by atoms with E-state index in [1.807, 2.05) is 6.07 Å². The third-order valence-electron chi connectivity index (χ3n) is 3.69. The van der Waals surface area contributed by atoms with Crippen LogP contribution in [0.2, 0.25) is 0 Å². The van der Waals surface area contributed by atoms with Crippen LogP contribution >= 0.6 is 0 Å². The smallest absolute Gasteiger partial charge is 0.131 e. The molecule has 1 aliphatic rings. The first-order valence-corrected chi connectivity index (χ1v) is 6.68. The zero-order valence-electron chi connectivity index (χ0n) is 11.7. The molecule has 1 aliphatic heterocycles. The number of rotatable bonds is 3. The standard InChI is InChI=1S/C14H24N4/c1-11-7-13(15)8-16-14(11)18(3)10-12-5-4-6-17(2)9-12/h7-8,12H,4-6,9-10,15H2,1-3H3. The molecule has 1 atom stereocenters. The van der Waals surface area contributed by atoms with Crippen LogP contribution in [0.5, 0.6) is 0 Å². The molecule has 0 bridgehead atoms. The first-order chi connectivity index (χ1) is 8.56. The van der Waals surface area contributed by atoms with Crippen LogP contribution in [0.15, 0.2) is 12.3 Å². The van der Waals surface area contributed by atoms with Crippen LogP contribution in [-0.4, -0.2) is 43.6 Å². The highest BCUT2D eigenvalue weighted by atomic mass is 15.2. The molecule has 0 saturated carbocycles. The lowest BCUT2D eigenvalue weighted by atomic mass is 9.98. The summed E-state index contributed by atoms with van der Waals surface area (Å²) < 4.78 is 0. The van der Waals surface area contributed by atoms with E-state index in [-0.39, 0.29) is 0 Å². The third-order valence-corrected chi connectivity index (χ3v) is 3.69. The fraction of sp³-hybridized carbons (Fsp3) is 0.643. The Kier molecular flexibility index (Phi) is 4.07. The van der Waals surface area contributed by atoms with Crippen molar-refractivity contribution in [3.05, 3.63) is 17.8 Å².